The summed E-state index contributed by atoms with van der Waals surface area (Å²) >= 11 is 1.83. The second-order valence-corrected chi connectivity index (χ2v) is 13.2. The lowest BCUT2D eigenvalue weighted by atomic mass is 9.98. The molecule has 0 saturated heterocycles. The van der Waals surface area contributed by atoms with Crippen LogP contribution in [-0.2, 0) is 0 Å². The van der Waals surface area contributed by atoms with Crippen LogP contribution in [-0.4, -0.2) is 19.3 Å². The monoisotopic (exact) mass is 626 g/mol. The second kappa shape index (κ2) is 10.7. The molecule has 4 heterocycles. The molecule has 0 fully saturated rings. The lowest BCUT2D eigenvalue weighted by Crippen LogP contribution is -1.98. The second-order valence-electron chi connectivity index (χ2n) is 12.2. The molecule has 0 aliphatic carbocycles. The fourth-order valence-corrected chi connectivity index (χ4v) is 8.20. The van der Waals surface area contributed by atoms with E-state index >= 15 is 0 Å². The normalized spacial score (nSPS) is 11.7. The van der Waals surface area contributed by atoms with E-state index in [4.69, 9.17) is 14.8 Å². The Morgan fingerprint density at radius 1 is 0.660 bits per heavy atom. The van der Waals surface area contributed by atoms with E-state index in [-0.39, 0.29) is 0 Å². The Labute approximate surface area is 275 Å². The number of aromatic nitrogens is 4. The van der Waals surface area contributed by atoms with Crippen molar-refractivity contribution in [2.75, 3.05) is 0 Å². The Morgan fingerprint density at radius 2 is 1.47 bits per heavy atom. The van der Waals surface area contributed by atoms with Crippen LogP contribution in [0.1, 0.15) is 16.7 Å². The zero-order chi connectivity index (χ0) is 31.6. The van der Waals surface area contributed by atoms with Crippen molar-refractivity contribution in [3.63, 3.8) is 0 Å². The average molecular weight is 627 g/mol. The van der Waals surface area contributed by atoms with Gasteiger partial charge in [0.25, 0.3) is 0 Å². The first kappa shape index (κ1) is 27.6. The number of nitrogens with zero attached hydrogens (tertiary/aromatic N) is 4. The zero-order valence-corrected chi connectivity index (χ0v) is 27.0. The molecule has 4 aromatic heterocycles. The Bertz CT molecular complexity index is 2620. The smallest absolute Gasteiger partial charge is 0.137 e. The van der Waals surface area contributed by atoms with Gasteiger partial charge in [0.15, 0.2) is 0 Å². The summed E-state index contributed by atoms with van der Waals surface area (Å²) < 4.78 is 13.3. The van der Waals surface area contributed by atoms with Crippen molar-refractivity contribution in [1.29, 1.82) is 0 Å². The molecule has 0 atom stereocenters. The summed E-state index contributed by atoms with van der Waals surface area (Å²) in [4.78, 5) is 4.81. The van der Waals surface area contributed by atoms with Gasteiger partial charge in [-0.15, -0.1) is 11.3 Å². The molecule has 9 aromatic rings. The van der Waals surface area contributed by atoms with Crippen LogP contribution in [0.3, 0.4) is 0 Å². The quantitative estimate of drug-likeness (QED) is 0.191. The van der Waals surface area contributed by atoms with Gasteiger partial charge < -0.3 is 4.74 Å². The molecular weight excluding hydrogens is 597 g/mol. The number of hydrogen-bond acceptors (Lipinski definition) is 4. The molecule has 5 aromatic carbocycles. The third kappa shape index (κ3) is 4.52. The van der Waals surface area contributed by atoms with Crippen molar-refractivity contribution in [2.45, 2.75) is 20.8 Å². The zero-order valence-electron chi connectivity index (χ0n) is 26.2. The topological polar surface area (TPSA) is 44.9 Å². The van der Waals surface area contributed by atoms with Crippen molar-refractivity contribution < 1.29 is 4.74 Å². The molecule has 0 saturated carbocycles. The van der Waals surface area contributed by atoms with Crippen LogP contribution in [0.2, 0.25) is 0 Å². The predicted molar refractivity (Wildman–Crippen MR) is 195 cm³/mol. The van der Waals surface area contributed by atoms with Gasteiger partial charge in [-0.25, -0.2) is 9.67 Å². The Hall–Kier alpha value is -5.72. The van der Waals surface area contributed by atoms with E-state index in [1.807, 2.05) is 58.7 Å². The number of fused-ring (bicyclic) bond motifs is 7. The Balaban J connectivity index is 1.15. The highest BCUT2D eigenvalue weighted by Gasteiger charge is 2.19. The fraction of sp³-hybridized carbons (Fsp3) is 0.0732. The lowest BCUT2D eigenvalue weighted by molar-refractivity contribution is 0.483. The van der Waals surface area contributed by atoms with E-state index in [0.717, 1.165) is 39.6 Å². The van der Waals surface area contributed by atoms with E-state index in [9.17, 15) is 0 Å². The molecule has 0 N–H and O–H groups in total. The summed E-state index contributed by atoms with van der Waals surface area (Å²) in [6.45, 7) is 6.43. The molecule has 9 rings (SSSR count). The molecule has 47 heavy (non-hydrogen) atoms. The Morgan fingerprint density at radius 3 is 2.32 bits per heavy atom. The summed E-state index contributed by atoms with van der Waals surface area (Å²) in [5.41, 5.74) is 9.04. The van der Waals surface area contributed by atoms with E-state index in [1.54, 1.807) is 0 Å². The number of ether oxygens (including phenoxy) is 1. The highest BCUT2D eigenvalue weighted by Crippen LogP contribution is 2.43. The lowest BCUT2D eigenvalue weighted by Gasteiger charge is -2.11. The van der Waals surface area contributed by atoms with Crippen LogP contribution >= 0.6 is 11.3 Å². The first-order chi connectivity index (χ1) is 23.0. The average Bonchev–Trinajstić information content (AvgIpc) is 3.79. The van der Waals surface area contributed by atoms with Gasteiger partial charge in [-0.1, -0.05) is 54.1 Å². The van der Waals surface area contributed by atoms with E-state index < -0.39 is 0 Å². The molecule has 6 heteroatoms. The molecule has 0 spiro atoms. The molecular formula is C41H30N4OS. The highest BCUT2D eigenvalue weighted by atomic mass is 32.1. The van der Waals surface area contributed by atoms with Crippen molar-refractivity contribution in [2.24, 2.45) is 0 Å². The van der Waals surface area contributed by atoms with Crippen molar-refractivity contribution in [1.82, 2.24) is 19.3 Å². The minimum atomic E-state index is 0.744. The van der Waals surface area contributed by atoms with Crippen LogP contribution in [0.5, 0.6) is 11.5 Å². The summed E-state index contributed by atoms with van der Waals surface area (Å²) in [6.07, 6.45) is 3.87. The molecule has 0 radical (unpaired) electrons. The van der Waals surface area contributed by atoms with E-state index in [2.05, 4.69) is 110 Å². The molecule has 5 nitrogen and oxygen atoms in total. The van der Waals surface area contributed by atoms with Gasteiger partial charge >= 0.3 is 0 Å². The number of aryl methyl sites for hydroxylation is 3. The molecule has 0 amide bonds. The Kier molecular flexibility index (Phi) is 6.27. The number of thiophene rings is 1. The number of hydrogen-bond donors (Lipinski definition) is 0. The third-order valence-electron chi connectivity index (χ3n) is 8.96. The number of pyridine rings is 1. The van der Waals surface area contributed by atoms with E-state index in [0.29, 0.717) is 0 Å². The fourth-order valence-electron chi connectivity index (χ4n) is 7.09. The summed E-state index contributed by atoms with van der Waals surface area (Å²) in [5.74, 6) is 2.38. The predicted octanol–water partition coefficient (Wildman–Crippen LogP) is 11.1. The highest BCUT2D eigenvalue weighted by molar-refractivity contribution is 7.26. The maximum atomic E-state index is 6.55. The van der Waals surface area contributed by atoms with Gasteiger partial charge in [0, 0.05) is 61.0 Å². The SMILES string of the molecule is Cc1cc(C)c(-c2ccn(-c3cccc(Oc4ccc5c6ccc7sc8ccccc8c7c6n(-c6ccccn6)c5c4)c3)n2)c(C)c1. The summed E-state index contributed by atoms with van der Waals surface area (Å²) in [7, 11) is 0. The number of rotatable bonds is 5. The molecule has 0 bridgehead atoms. The van der Waals surface area contributed by atoms with Gasteiger partial charge in [0.05, 0.1) is 22.4 Å². The minimum Gasteiger partial charge on any atom is -0.457 e. The van der Waals surface area contributed by atoms with Crippen LogP contribution < -0.4 is 4.74 Å². The van der Waals surface area contributed by atoms with Crippen LogP contribution in [0.25, 0.3) is 64.7 Å². The first-order valence-electron chi connectivity index (χ1n) is 15.7. The van der Waals surface area contributed by atoms with Gasteiger partial charge in [-0.3, -0.25) is 4.57 Å². The first-order valence-corrected chi connectivity index (χ1v) is 16.6. The van der Waals surface area contributed by atoms with Crippen LogP contribution in [0.15, 0.2) is 128 Å². The van der Waals surface area contributed by atoms with Gasteiger partial charge in [-0.2, -0.15) is 5.10 Å². The summed E-state index contributed by atoms with van der Waals surface area (Å²) in [5, 5.41) is 9.84. The number of benzene rings is 5. The molecule has 0 aliphatic rings. The third-order valence-corrected chi connectivity index (χ3v) is 10.1. The molecule has 226 valence electrons. The van der Waals surface area contributed by atoms with Gasteiger partial charge in [-0.05, 0) is 86.5 Å². The van der Waals surface area contributed by atoms with Gasteiger partial charge in [0.2, 0.25) is 0 Å². The largest absolute Gasteiger partial charge is 0.457 e. The maximum absolute atomic E-state index is 6.55. The van der Waals surface area contributed by atoms with E-state index in [1.165, 1.54) is 53.3 Å². The molecule has 0 aliphatic heterocycles. The molecule has 0 unspecified atom stereocenters. The maximum Gasteiger partial charge on any atom is 0.137 e. The van der Waals surface area contributed by atoms with Crippen molar-refractivity contribution >= 4 is 53.3 Å². The van der Waals surface area contributed by atoms with Crippen molar-refractivity contribution in [3.8, 4) is 34.3 Å². The van der Waals surface area contributed by atoms with Crippen molar-refractivity contribution in [3.05, 3.63) is 144 Å². The minimum absolute atomic E-state index is 0.744. The van der Waals surface area contributed by atoms with Gasteiger partial charge in [0.1, 0.15) is 17.3 Å². The van der Waals surface area contributed by atoms with Crippen LogP contribution in [0.4, 0.5) is 0 Å². The summed E-state index contributed by atoms with van der Waals surface area (Å²) in [6, 6.07) is 40.2. The standard InChI is InChI=1S/C41H30N4OS/c1-25-21-26(2)39(27(3)22-25)34-18-20-44(43-34)28-9-8-10-29(23-28)46-30-14-15-31-32-16-17-37-40(33-11-4-5-12-36(33)47-37)41(32)45(35(31)24-30)38-13-6-7-19-42-38/h4-24H,1-3H3. The van der Waals surface area contributed by atoms with Crippen LogP contribution in [0, 0.1) is 20.8 Å².